The molecule has 0 amide bonds. The first-order valence-electron chi connectivity index (χ1n) is 6.90. The second kappa shape index (κ2) is 6.13. The van der Waals surface area contributed by atoms with E-state index in [-0.39, 0.29) is 11.4 Å². The van der Waals surface area contributed by atoms with E-state index < -0.39 is 12.0 Å². The van der Waals surface area contributed by atoms with E-state index in [4.69, 9.17) is 20.0 Å². The Kier molecular flexibility index (Phi) is 4.03. The summed E-state index contributed by atoms with van der Waals surface area (Å²) in [7, 11) is 3.01. The number of fused-ring (bicyclic) bond motifs is 1. The van der Waals surface area contributed by atoms with Gasteiger partial charge in [0.2, 0.25) is 12.1 Å². The first kappa shape index (κ1) is 15.1. The highest BCUT2D eigenvalue weighted by Gasteiger charge is 2.33. The lowest BCUT2D eigenvalue weighted by molar-refractivity contribution is 0.0653. The number of methoxy groups -OCH3 is 2. The molecule has 0 aromatic heterocycles. The topological polar surface area (TPSA) is 69.3 Å². The summed E-state index contributed by atoms with van der Waals surface area (Å²) in [5.74, 6) is 0.0652. The molecule has 23 heavy (non-hydrogen) atoms. The van der Waals surface area contributed by atoms with Crippen molar-refractivity contribution in [3.63, 3.8) is 0 Å². The molecule has 1 unspecified atom stereocenters. The molecule has 2 N–H and O–H groups in total. The van der Waals surface area contributed by atoms with E-state index >= 15 is 0 Å². The second-order valence-corrected chi connectivity index (χ2v) is 4.83. The Bertz CT molecular complexity index is 751. The van der Waals surface area contributed by atoms with Gasteiger partial charge in [0.15, 0.2) is 5.75 Å². The number of benzene rings is 2. The Morgan fingerprint density at radius 1 is 1.17 bits per heavy atom. The van der Waals surface area contributed by atoms with Crippen LogP contribution in [0.3, 0.4) is 0 Å². The van der Waals surface area contributed by atoms with Crippen LogP contribution in [0.2, 0.25) is 0 Å². The number of ether oxygens (including phenoxy) is 2. The van der Waals surface area contributed by atoms with Gasteiger partial charge in [0.25, 0.3) is 0 Å². The predicted molar refractivity (Wildman–Crippen MR) is 85.3 cm³/mol. The molecule has 0 saturated carbocycles. The minimum atomic E-state index is -0.699. The standard InChI is InChI=1S/C16H16FN3O3/c1-21-15-16(22-2)20(14-6-4-3-5-13(14)19-15)23-10-7-8-12(18)11(17)9-10/h3-9,16H,18H2,1-2H3. The Labute approximate surface area is 132 Å². The summed E-state index contributed by atoms with van der Waals surface area (Å²) in [6.45, 7) is 0. The van der Waals surface area contributed by atoms with Gasteiger partial charge >= 0.3 is 0 Å². The Balaban J connectivity index is 2.01. The van der Waals surface area contributed by atoms with Crippen LogP contribution in [-0.2, 0) is 9.47 Å². The normalized spacial score (nSPS) is 16.6. The third kappa shape index (κ3) is 2.78. The second-order valence-electron chi connectivity index (χ2n) is 4.83. The SMILES string of the molecule is COC1=Nc2ccccc2N(Oc2ccc(N)c(F)c2)C1OC. The number of nitrogens with zero attached hydrogens (tertiary/aromatic N) is 2. The van der Waals surface area contributed by atoms with Crippen molar-refractivity contribution in [2.24, 2.45) is 4.99 Å². The van der Waals surface area contributed by atoms with Crippen molar-refractivity contribution in [3.05, 3.63) is 48.3 Å². The van der Waals surface area contributed by atoms with E-state index in [1.54, 1.807) is 6.07 Å². The number of nitrogen functional groups attached to an aromatic ring is 1. The molecule has 1 aliphatic heterocycles. The van der Waals surface area contributed by atoms with Crippen molar-refractivity contribution in [2.75, 3.05) is 25.0 Å². The third-order valence-corrected chi connectivity index (χ3v) is 3.38. The molecule has 0 aliphatic carbocycles. The van der Waals surface area contributed by atoms with Crippen molar-refractivity contribution in [2.45, 2.75) is 6.23 Å². The Hall–Kier alpha value is -2.80. The smallest absolute Gasteiger partial charge is 0.243 e. The molecule has 0 bridgehead atoms. The molecule has 0 saturated heterocycles. The maximum absolute atomic E-state index is 13.6. The van der Waals surface area contributed by atoms with Crippen LogP contribution in [0.4, 0.5) is 21.5 Å². The summed E-state index contributed by atoms with van der Waals surface area (Å²) >= 11 is 0. The van der Waals surface area contributed by atoms with Gasteiger partial charge in [-0.15, -0.1) is 0 Å². The van der Waals surface area contributed by atoms with Gasteiger partial charge in [-0.05, 0) is 24.3 Å². The van der Waals surface area contributed by atoms with Crippen molar-refractivity contribution in [3.8, 4) is 5.75 Å². The van der Waals surface area contributed by atoms with Gasteiger partial charge in [-0.3, -0.25) is 0 Å². The molecule has 2 aromatic rings. The fourth-order valence-electron chi connectivity index (χ4n) is 2.26. The van der Waals surface area contributed by atoms with Gasteiger partial charge in [0.05, 0.1) is 18.5 Å². The van der Waals surface area contributed by atoms with E-state index in [0.717, 1.165) is 0 Å². The molecule has 2 aromatic carbocycles. The number of aliphatic imine (C=N–C) groups is 1. The van der Waals surface area contributed by atoms with Crippen LogP contribution in [-0.4, -0.2) is 26.3 Å². The van der Waals surface area contributed by atoms with Crippen molar-refractivity contribution in [1.82, 2.24) is 0 Å². The molecule has 7 heteroatoms. The summed E-state index contributed by atoms with van der Waals surface area (Å²) in [5.41, 5.74) is 6.88. The summed E-state index contributed by atoms with van der Waals surface area (Å²) in [6, 6.07) is 11.6. The molecular formula is C16H16FN3O3. The molecule has 120 valence electrons. The molecule has 0 radical (unpaired) electrons. The van der Waals surface area contributed by atoms with Gasteiger partial charge in [0, 0.05) is 13.2 Å². The average molecular weight is 317 g/mol. The number of hydrogen-bond acceptors (Lipinski definition) is 6. The molecule has 0 spiro atoms. The molecule has 3 rings (SSSR count). The first-order valence-corrected chi connectivity index (χ1v) is 6.90. The first-order chi connectivity index (χ1) is 11.1. The largest absolute Gasteiger partial charge is 0.481 e. The van der Waals surface area contributed by atoms with E-state index in [0.29, 0.717) is 17.3 Å². The molecular weight excluding hydrogens is 301 g/mol. The minimum absolute atomic E-state index is 0.0545. The Morgan fingerprint density at radius 3 is 2.65 bits per heavy atom. The zero-order chi connectivity index (χ0) is 16.4. The van der Waals surface area contributed by atoms with Crippen LogP contribution in [0.25, 0.3) is 0 Å². The number of hydrogen-bond donors (Lipinski definition) is 1. The maximum atomic E-state index is 13.6. The van der Waals surface area contributed by atoms with Crippen LogP contribution in [0.5, 0.6) is 5.75 Å². The molecule has 1 aliphatic rings. The van der Waals surface area contributed by atoms with Gasteiger partial charge in [-0.25, -0.2) is 9.38 Å². The minimum Gasteiger partial charge on any atom is -0.481 e. The lowest BCUT2D eigenvalue weighted by atomic mass is 10.2. The summed E-state index contributed by atoms with van der Waals surface area (Å²) in [5, 5.41) is 1.48. The van der Waals surface area contributed by atoms with E-state index in [9.17, 15) is 4.39 Å². The van der Waals surface area contributed by atoms with Crippen LogP contribution < -0.4 is 15.6 Å². The van der Waals surface area contributed by atoms with Crippen LogP contribution in [0.15, 0.2) is 47.5 Å². The third-order valence-electron chi connectivity index (χ3n) is 3.38. The molecule has 1 atom stereocenters. The number of hydroxylamine groups is 1. The highest BCUT2D eigenvalue weighted by molar-refractivity contribution is 5.91. The van der Waals surface area contributed by atoms with Crippen molar-refractivity contribution >= 4 is 23.0 Å². The van der Waals surface area contributed by atoms with Gasteiger partial charge < -0.3 is 20.0 Å². The lowest BCUT2D eigenvalue weighted by Gasteiger charge is -2.34. The summed E-state index contributed by atoms with van der Waals surface area (Å²) < 4.78 is 24.3. The van der Waals surface area contributed by atoms with Crippen molar-refractivity contribution < 1.29 is 18.7 Å². The monoisotopic (exact) mass is 317 g/mol. The zero-order valence-electron chi connectivity index (χ0n) is 12.7. The zero-order valence-corrected chi connectivity index (χ0v) is 12.7. The number of rotatable bonds is 3. The summed E-state index contributed by atoms with van der Waals surface area (Å²) in [6.07, 6.45) is -0.699. The van der Waals surface area contributed by atoms with Gasteiger partial charge in [-0.2, -0.15) is 5.06 Å². The Morgan fingerprint density at radius 2 is 1.96 bits per heavy atom. The quantitative estimate of drug-likeness (QED) is 0.882. The fraction of sp³-hybridized carbons (Fsp3) is 0.188. The van der Waals surface area contributed by atoms with Crippen LogP contribution >= 0.6 is 0 Å². The number of nitrogens with two attached hydrogens (primary N) is 1. The van der Waals surface area contributed by atoms with Gasteiger partial charge in [0.1, 0.15) is 11.5 Å². The highest BCUT2D eigenvalue weighted by Crippen LogP contribution is 2.35. The van der Waals surface area contributed by atoms with E-state index in [1.165, 1.54) is 31.4 Å². The van der Waals surface area contributed by atoms with Crippen LogP contribution in [0, 0.1) is 5.82 Å². The van der Waals surface area contributed by atoms with Crippen molar-refractivity contribution in [1.29, 1.82) is 0 Å². The predicted octanol–water partition coefficient (Wildman–Crippen LogP) is 2.87. The van der Waals surface area contributed by atoms with E-state index in [2.05, 4.69) is 4.99 Å². The van der Waals surface area contributed by atoms with Crippen LogP contribution in [0.1, 0.15) is 0 Å². The lowest BCUT2D eigenvalue weighted by Crippen LogP contribution is -2.47. The highest BCUT2D eigenvalue weighted by atomic mass is 19.1. The maximum Gasteiger partial charge on any atom is 0.243 e. The molecule has 1 heterocycles. The number of anilines is 2. The van der Waals surface area contributed by atoms with E-state index in [1.807, 2.05) is 24.3 Å². The van der Waals surface area contributed by atoms with Gasteiger partial charge in [-0.1, -0.05) is 12.1 Å². The summed E-state index contributed by atoms with van der Waals surface area (Å²) in [4.78, 5) is 10.2. The number of halogens is 1. The molecule has 6 nitrogen and oxygen atoms in total. The number of para-hydroxylation sites is 2. The molecule has 0 fully saturated rings. The fourth-order valence-corrected chi connectivity index (χ4v) is 2.26. The average Bonchev–Trinajstić information content (AvgIpc) is 2.57.